The molecule has 0 saturated carbocycles. The van der Waals surface area contributed by atoms with E-state index in [9.17, 15) is 13.2 Å². The zero-order chi connectivity index (χ0) is 9.90. The second-order valence-electron chi connectivity index (χ2n) is 2.80. The molecule has 1 fully saturated rings. The van der Waals surface area contributed by atoms with Gasteiger partial charge >= 0.3 is 15.4 Å². The third-order valence-corrected chi connectivity index (χ3v) is 2.67. The summed E-state index contributed by atoms with van der Waals surface area (Å²) in [6.45, 7) is 0.718. The molecule has 0 bridgehead atoms. The van der Waals surface area contributed by atoms with Gasteiger partial charge in [0.25, 0.3) is 0 Å². The molecule has 0 aromatic heterocycles. The summed E-state index contributed by atoms with van der Waals surface area (Å²) in [6.07, 6.45) is 1.77. The summed E-state index contributed by atoms with van der Waals surface area (Å²) in [5.74, 6) is 0. The van der Waals surface area contributed by atoms with Crippen LogP contribution in [0.4, 0.5) is 4.79 Å². The molecule has 0 amide bonds. The normalized spacial score (nSPS) is 23.2. The third-order valence-electron chi connectivity index (χ3n) is 1.80. The maximum Gasteiger partial charge on any atom is 0.449 e. The zero-order valence-corrected chi connectivity index (χ0v) is 7.71. The van der Waals surface area contributed by atoms with Gasteiger partial charge in [0.2, 0.25) is 0 Å². The highest BCUT2D eigenvalue weighted by atomic mass is 32.2. The molecule has 0 aliphatic carbocycles. The van der Waals surface area contributed by atoms with Crippen LogP contribution in [-0.4, -0.2) is 38.0 Å². The van der Waals surface area contributed by atoms with Gasteiger partial charge in [-0.3, -0.25) is 4.18 Å². The molecule has 1 atom stereocenters. The first-order valence-electron chi connectivity index (χ1n) is 3.88. The van der Waals surface area contributed by atoms with Crippen molar-refractivity contribution >= 4 is 15.4 Å². The fourth-order valence-electron chi connectivity index (χ4n) is 1.12. The van der Waals surface area contributed by atoms with Gasteiger partial charge in [-0.05, 0) is 19.4 Å². The maximum atomic E-state index is 10.6. The van der Waals surface area contributed by atoms with Crippen molar-refractivity contribution in [3.05, 3.63) is 0 Å². The summed E-state index contributed by atoms with van der Waals surface area (Å²) in [6, 6.07) is -0.0471. The summed E-state index contributed by atoms with van der Waals surface area (Å²) in [4.78, 5) is 10.1. The van der Waals surface area contributed by atoms with E-state index in [4.69, 9.17) is 5.11 Å². The lowest BCUT2D eigenvalue weighted by Crippen LogP contribution is -2.29. The van der Waals surface area contributed by atoms with Gasteiger partial charge in [-0.1, -0.05) is 0 Å². The van der Waals surface area contributed by atoms with Gasteiger partial charge in [0.15, 0.2) is 0 Å². The molecule has 2 N–H and O–H groups in total. The summed E-state index contributed by atoms with van der Waals surface area (Å²) in [7, 11) is -4.41. The average molecular weight is 209 g/mol. The first-order valence-corrected chi connectivity index (χ1v) is 5.29. The lowest BCUT2D eigenvalue weighted by molar-refractivity contribution is 0.208. The molecule has 76 valence electrons. The molecule has 0 aromatic carbocycles. The van der Waals surface area contributed by atoms with E-state index in [0.29, 0.717) is 0 Å². The molecule has 1 aliphatic heterocycles. The molecule has 7 heteroatoms. The molecular weight excluding hydrogens is 198 g/mol. The SMILES string of the molecule is O=C(O)S(=O)(=O)OCC1CCCN1. The Kier molecular flexibility index (Phi) is 3.23. The number of nitrogens with one attached hydrogen (secondary N) is 1. The Morgan fingerprint density at radius 1 is 1.62 bits per heavy atom. The number of carbonyl (C=O) groups is 1. The van der Waals surface area contributed by atoms with Crippen LogP contribution in [0, 0.1) is 0 Å². The molecule has 1 saturated heterocycles. The molecule has 0 radical (unpaired) electrons. The van der Waals surface area contributed by atoms with Crippen LogP contribution in [0.25, 0.3) is 0 Å². The van der Waals surface area contributed by atoms with Gasteiger partial charge in [-0.15, -0.1) is 0 Å². The van der Waals surface area contributed by atoms with Crippen LogP contribution < -0.4 is 5.32 Å². The molecule has 6 nitrogen and oxygen atoms in total. The highest BCUT2D eigenvalue weighted by molar-refractivity contribution is 8.01. The van der Waals surface area contributed by atoms with E-state index in [1.807, 2.05) is 0 Å². The fraction of sp³-hybridized carbons (Fsp3) is 0.833. The van der Waals surface area contributed by atoms with Crippen molar-refractivity contribution in [2.24, 2.45) is 0 Å². The quantitative estimate of drug-likeness (QED) is 0.623. The summed E-state index contributed by atoms with van der Waals surface area (Å²) >= 11 is 0. The Morgan fingerprint density at radius 3 is 2.77 bits per heavy atom. The van der Waals surface area contributed by atoms with Crippen molar-refractivity contribution in [2.45, 2.75) is 18.9 Å². The molecule has 1 rings (SSSR count). The fourth-order valence-corrected chi connectivity index (χ4v) is 1.57. The van der Waals surface area contributed by atoms with Crippen LogP contribution in [0.5, 0.6) is 0 Å². The second kappa shape index (κ2) is 4.03. The van der Waals surface area contributed by atoms with Crippen molar-refractivity contribution in [2.75, 3.05) is 13.2 Å². The topological polar surface area (TPSA) is 92.7 Å². The van der Waals surface area contributed by atoms with E-state index in [1.54, 1.807) is 0 Å². The maximum absolute atomic E-state index is 10.6. The van der Waals surface area contributed by atoms with Crippen molar-refractivity contribution in [1.82, 2.24) is 5.32 Å². The van der Waals surface area contributed by atoms with E-state index in [2.05, 4.69) is 9.50 Å². The number of carboxylic acid groups (broad SMARTS) is 1. The first-order chi connectivity index (χ1) is 6.02. The van der Waals surface area contributed by atoms with Gasteiger partial charge in [-0.2, -0.15) is 8.42 Å². The molecule has 1 heterocycles. The van der Waals surface area contributed by atoms with Crippen molar-refractivity contribution in [3.8, 4) is 0 Å². The second-order valence-corrected chi connectivity index (χ2v) is 4.29. The minimum atomic E-state index is -4.41. The molecule has 1 unspecified atom stereocenters. The lowest BCUT2D eigenvalue weighted by Gasteiger charge is -2.08. The highest BCUT2D eigenvalue weighted by Gasteiger charge is 2.24. The van der Waals surface area contributed by atoms with E-state index in [-0.39, 0.29) is 12.6 Å². The monoisotopic (exact) mass is 209 g/mol. The van der Waals surface area contributed by atoms with Crippen LogP contribution in [0.3, 0.4) is 0 Å². The van der Waals surface area contributed by atoms with Gasteiger partial charge in [-0.25, -0.2) is 4.79 Å². The summed E-state index contributed by atoms with van der Waals surface area (Å²) in [5.41, 5.74) is 0. The van der Waals surface area contributed by atoms with Crippen LogP contribution >= 0.6 is 0 Å². The molecule has 1 aliphatic rings. The molecule has 13 heavy (non-hydrogen) atoms. The lowest BCUT2D eigenvalue weighted by atomic mass is 10.2. The summed E-state index contributed by atoms with van der Waals surface area (Å²) in [5, 5.41) is 9.23. The molecule has 0 aromatic rings. The smallest absolute Gasteiger partial charge is 0.449 e. The van der Waals surface area contributed by atoms with Crippen LogP contribution in [0.2, 0.25) is 0 Å². The largest absolute Gasteiger partial charge is 0.468 e. The highest BCUT2D eigenvalue weighted by Crippen LogP contribution is 2.06. The van der Waals surface area contributed by atoms with Crippen LogP contribution in [0.1, 0.15) is 12.8 Å². The Morgan fingerprint density at radius 2 is 2.31 bits per heavy atom. The van der Waals surface area contributed by atoms with Gasteiger partial charge < -0.3 is 10.4 Å². The minimum Gasteiger partial charge on any atom is -0.468 e. The van der Waals surface area contributed by atoms with Gasteiger partial charge in [0.05, 0.1) is 6.61 Å². The van der Waals surface area contributed by atoms with Crippen molar-refractivity contribution < 1.29 is 22.5 Å². The number of rotatable bonds is 3. The third kappa shape index (κ3) is 2.94. The average Bonchev–Trinajstić information content (AvgIpc) is 2.52. The standard InChI is InChI=1S/C6H11NO5S/c8-6(9)13(10,11)12-4-5-2-1-3-7-5/h5,7H,1-4H2,(H,8,9). The number of hydrogen-bond donors (Lipinski definition) is 2. The van der Waals surface area contributed by atoms with Crippen LogP contribution in [-0.2, 0) is 14.3 Å². The minimum absolute atomic E-state index is 0.0471. The summed E-state index contributed by atoms with van der Waals surface area (Å²) < 4.78 is 25.6. The predicted molar refractivity (Wildman–Crippen MR) is 43.9 cm³/mol. The van der Waals surface area contributed by atoms with E-state index in [1.165, 1.54) is 0 Å². The number of hydrogen-bond acceptors (Lipinski definition) is 5. The van der Waals surface area contributed by atoms with Crippen LogP contribution in [0.15, 0.2) is 0 Å². The predicted octanol–water partition coefficient (Wildman–Crippen LogP) is -0.237. The zero-order valence-electron chi connectivity index (χ0n) is 6.89. The first kappa shape index (κ1) is 10.4. The Bertz CT molecular complexity index is 279. The van der Waals surface area contributed by atoms with Crippen molar-refractivity contribution in [3.63, 3.8) is 0 Å². The van der Waals surface area contributed by atoms with Gasteiger partial charge in [0, 0.05) is 6.04 Å². The van der Waals surface area contributed by atoms with E-state index in [0.717, 1.165) is 19.4 Å². The van der Waals surface area contributed by atoms with E-state index < -0.39 is 15.4 Å². The van der Waals surface area contributed by atoms with Crippen molar-refractivity contribution in [1.29, 1.82) is 0 Å². The molecule has 0 spiro atoms. The Balaban J connectivity index is 2.37. The van der Waals surface area contributed by atoms with E-state index >= 15 is 0 Å². The Hall–Kier alpha value is -0.660. The van der Waals surface area contributed by atoms with Gasteiger partial charge in [0.1, 0.15) is 0 Å². The Labute approximate surface area is 76.0 Å². The molecular formula is C6H11NO5S.